The lowest BCUT2D eigenvalue weighted by Gasteiger charge is -2.39. The van der Waals surface area contributed by atoms with Crippen LogP contribution in [0.25, 0.3) is 21.8 Å². The predicted octanol–water partition coefficient (Wildman–Crippen LogP) is 4.23. The van der Waals surface area contributed by atoms with Gasteiger partial charge in [0.1, 0.15) is 13.1 Å². The minimum atomic E-state index is 0.915. The van der Waals surface area contributed by atoms with Crippen molar-refractivity contribution >= 4 is 21.8 Å². The van der Waals surface area contributed by atoms with E-state index in [1.807, 2.05) is 0 Å². The maximum Gasteiger partial charge on any atom is 0.122 e. The van der Waals surface area contributed by atoms with E-state index in [2.05, 4.69) is 89.9 Å². The Labute approximate surface area is 196 Å². The Balaban J connectivity index is 1.50. The van der Waals surface area contributed by atoms with Crippen LogP contribution in [0.3, 0.4) is 0 Å². The number of pyridine rings is 2. The van der Waals surface area contributed by atoms with Gasteiger partial charge in [0.2, 0.25) is 0 Å². The van der Waals surface area contributed by atoms with E-state index in [-0.39, 0.29) is 0 Å². The molecule has 170 valence electrons. The Bertz CT molecular complexity index is 1140. The largest absolute Gasteiger partial charge is 0.311 e. The normalized spacial score (nSPS) is 17.5. The molecule has 2 aromatic carbocycles. The van der Waals surface area contributed by atoms with Gasteiger partial charge in [-0.25, -0.2) is 9.97 Å². The summed E-state index contributed by atoms with van der Waals surface area (Å²) in [5.74, 6) is 0. The molecule has 1 aliphatic heterocycles. The van der Waals surface area contributed by atoms with Gasteiger partial charge in [0.15, 0.2) is 0 Å². The molecule has 0 bridgehead atoms. The summed E-state index contributed by atoms with van der Waals surface area (Å²) in [4.78, 5) is 12.7. The topological polar surface area (TPSA) is 41.0 Å². The zero-order valence-electron chi connectivity index (χ0n) is 19.6. The van der Waals surface area contributed by atoms with Gasteiger partial charge in [-0.3, -0.25) is 4.90 Å². The lowest BCUT2D eigenvalue weighted by atomic mass is 10.1. The average molecular weight is 441 g/mol. The molecular weight excluding hydrogens is 406 g/mol. The first kappa shape index (κ1) is 22.0. The van der Waals surface area contributed by atoms with Gasteiger partial charge in [0, 0.05) is 37.0 Å². The fourth-order valence-corrected chi connectivity index (χ4v) is 5.02. The molecule has 1 aliphatic rings. The van der Waals surface area contributed by atoms with Crippen LogP contribution in [0.1, 0.15) is 18.3 Å². The molecule has 1 saturated heterocycles. The van der Waals surface area contributed by atoms with Crippen LogP contribution in [0.15, 0.2) is 72.8 Å². The number of aromatic nitrogens is 2. The van der Waals surface area contributed by atoms with Crippen molar-refractivity contribution in [3.8, 4) is 0 Å². The van der Waals surface area contributed by atoms with Gasteiger partial charge in [0.25, 0.3) is 0 Å². The van der Waals surface area contributed by atoms with Gasteiger partial charge >= 0.3 is 0 Å². The molecule has 5 heteroatoms. The van der Waals surface area contributed by atoms with Gasteiger partial charge in [0.05, 0.1) is 35.5 Å². The number of rotatable bonds is 5. The summed E-state index contributed by atoms with van der Waals surface area (Å²) in [5, 5.41) is 6.08. The maximum atomic E-state index is 5.05. The van der Waals surface area contributed by atoms with E-state index in [1.54, 1.807) is 0 Å². The van der Waals surface area contributed by atoms with E-state index in [1.165, 1.54) is 10.8 Å². The Kier molecular flexibility index (Phi) is 6.63. The molecule has 0 amide bonds. The molecule has 3 heterocycles. The third kappa shape index (κ3) is 5.22. The van der Waals surface area contributed by atoms with Crippen LogP contribution in [0.5, 0.6) is 0 Å². The molecule has 5 rings (SSSR count). The number of benzene rings is 2. The van der Waals surface area contributed by atoms with Crippen LogP contribution in [0.2, 0.25) is 0 Å². The van der Waals surface area contributed by atoms with Gasteiger partial charge < -0.3 is 9.80 Å². The SMILES string of the molecule is CCN1CCNCC[N+](Cc2ccc3ccccc3n2)(Cc2ccc3ccccc3n2)CC1. The summed E-state index contributed by atoms with van der Waals surface area (Å²) in [6.45, 7) is 11.6. The van der Waals surface area contributed by atoms with E-state index in [0.29, 0.717) is 0 Å². The van der Waals surface area contributed by atoms with Crippen molar-refractivity contribution in [2.75, 3.05) is 45.8 Å². The van der Waals surface area contributed by atoms with E-state index in [9.17, 15) is 0 Å². The van der Waals surface area contributed by atoms with Crippen molar-refractivity contribution in [1.29, 1.82) is 0 Å². The van der Waals surface area contributed by atoms with Gasteiger partial charge in [-0.1, -0.05) is 55.5 Å². The molecule has 0 spiro atoms. The number of fused-ring (bicyclic) bond motifs is 2. The number of likely N-dealkylation sites (N-methyl/N-ethyl adjacent to an activating group) is 1. The van der Waals surface area contributed by atoms with E-state index in [0.717, 1.165) is 85.8 Å². The first-order valence-electron chi connectivity index (χ1n) is 12.2. The number of quaternary nitrogens is 1. The fourth-order valence-electron chi connectivity index (χ4n) is 5.02. The van der Waals surface area contributed by atoms with Crippen LogP contribution in [0.4, 0.5) is 0 Å². The molecule has 1 fully saturated rings. The average Bonchev–Trinajstić information content (AvgIpc) is 2.95. The number of para-hydroxylation sites is 2. The predicted molar refractivity (Wildman–Crippen MR) is 136 cm³/mol. The minimum Gasteiger partial charge on any atom is -0.311 e. The Hall–Kier alpha value is -2.86. The number of hydrogen-bond donors (Lipinski definition) is 1. The molecule has 0 saturated carbocycles. The first-order chi connectivity index (χ1) is 16.2. The lowest BCUT2D eigenvalue weighted by Crippen LogP contribution is -2.52. The van der Waals surface area contributed by atoms with E-state index < -0.39 is 0 Å². The molecule has 0 radical (unpaired) electrons. The van der Waals surface area contributed by atoms with E-state index in [4.69, 9.17) is 9.97 Å². The van der Waals surface area contributed by atoms with Crippen molar-refractivity contribution in [3.05, 3.63) is 84.2 Å². The van der Waals surface area contributed by atoms with Crippen LogP contribution in [-0.2, 0) is 13.1 Å². The Morgan fingerprint density at radius 1 is 0.727 bits per heavy atom. The van der Waals surface area contributed by atoms with Crippen molar-refractivity contribution in [2.24, 2.45) is 0 Å². The van der Waals surface area contributed by atoms with Crippen molar-refractivity contribution in [1.82, 2.24) is 20.2 Å². The number of nitrogens with zero attached hydrogens (tertiary/aromatic N) is 4. The van der Waals surface area contributed by atoms with Crippen LogP contribution in [0, 0.1) is 0 Å². The highest BCUT2D eigenvalue weighted by molar-refractivity contribution is 5.79. The molecule has 4 aromatic rings. The monoisotopic (exact) mass is 440 g/mol. The first-order valence-corrected chi connectivity index (χ1v) is 12.2. The zero-order valence-corrected chi connectivity index (χ0v) is 19.6. The lowest BCUT2D eigenvalue weighted by molar-refractivity contribution is -0.952. The molecule has 2 aromatic heterocycles. The van der Waals surface area contributed by atoms with Gasteiger partial charge in [-0.05, 0) is 30.8 Å². The highest BCUT2D eigenvalue weighted by atomic mass is 15.4. The summed E-state index contributed by atoms with van der Waals surface area (Å²) in [6.07, 6.45) is 0. The molecule has 33 heavy (non-hydrogen) atoms. The molecule has 5 nitrogen and oxygen atoms in total. The summed E-state index contributed by atoms with van der Waals surface area (Å²) in [6, 6.07) is 25.7. The van der Waals surface area contributed by atoms with Crippen LogP contribution < -0.4 is 5.32 Å². The molecule has 0 aliphatic carbocycles. The second kappa shape index (κ2) is 9.96. The van der Waals surface area contributed by atoms with Gasteiger partial charge in [-0.15, -0.1) is 0 Å². The van der Waals surface area contributed by atoms with Crippen LogP contribution in [-0.4, -0.2) is 65.2 Å². The molecular formula is C28H34N5+. The van der Waals surface area contributed by atoms with Crippen molar-refractivity contribution in [3.63, 3.8) is 0 Å². The second-order valence-electron chi connectivity index (χ2n) is 9.28. The van der Waals surface area contributed by atoms with Crippen molar-refractivity contribution < 1.29 is 4.48 Å². The quantitative estimate of drug-likeness (QED) is 0.472. The highest BCUT2D eigenvalue weighted by Gasteiger charge is 2.31. The minimum absolute atomic E-state index is 0.915. The number of nitrogens with one attached hydrogen (secondary N) is 1. The third-order valence-corrected chi connectivity index (χ3v) is 7.01. The summed E-state index contributed by atoms with van der Waals surface area (Å²) < 4.78 is 0.959. The summed E-state index contributed by atoms with van der Waals surface area (Å²) in [7, 11) is 0. The Morgan fingerprint density at radius 3 is 1.94 bits per heavy atom. The summed E-state index contributed by atoms with van der Waals surface area (Å²) in [5.41, 5.74) is 4.48. The molecule has 0 atom stereocenters. The van der Waals surface area contributed by atoms with Gasteiger partial charge in [-0.2, -0.15) is 0 Å². The third-order valence-electron chi connectivity index (χ3n) is 7.01. The highest BCUT2D eigenvalue weighted by Crippen LogP contribution is 2.22. The van der Waals surface area contributed by atoms with Crippen LogP contribution >= 0.6 is 0 Å². The fraction of sp³-hybridized carbons (Fsp3) is 0.357. The summed E-state index contributed by atoms with van der Waals surface area (Å²) >= 11 is 0. The number of hydrogen-bond acceptors (Lipinski definition) is 4. The Morgan fingerprint density at radius 2 is 1.33 bits per heavy atom. The molecule has 0 unspecified atom stereocenters. The smallest absolute Gasteiger partial charge is 0.122 e. The van der Waals surface area contributed by atoms with E-state index >= 15 is 0 Å². The molecule has 1 N–H and O–H groups in total. The zero-order chi connectivity index (χ0) is 22.5. The standard InChI is InChI=1S/C28H34N5/c1-2-32-17-15-29-16-19-33(20-18-32,21-25-13-11-23-7-3-5-9-27(23)30-25)22-26-14-12-24-8-4-6-10-28(24)31-26/h3-14,29H,2,15-22H2,1H3/q+1. The van der Waals surface area contributed by atoms with Crippen molar-refractivity contribution in [2.45, 2.75) is 20.0 Å². The second-order valence-corrected chi connectivity index (χ2v) is 9.28. The maximum absolute atomic E-state index is 5.05.